The molecule has 2 rings (SSSR count). The number of hydrogen-bond acceptors (Lipinski definition) is 6. The zero-order chi connectivity index (χ0) is 12.3. The predicted octanol–water partition coefficient (Wildman–Crippen LogP) is 2.31. The molecule has 0 aliphatic heterocycles. The van der Waals surface area contributed by atoms with Gasteiger partial charge < -0.3 is 10.7 Å². The van der Waals surface area contributed by atoms with Gasteiger partial charge in [0.25, 0.3) is 0 Å². The molecule has 2 heterocycles. The summed E-state index contributed by atoms with van der Waals surface area (Å²) in [7, 11) is 0. The molecule has 0 saturated heterocycles. The van der Waals surface area contributed by atoms with E-state index in [0.29, 0.717) is 5.82 Å². The highest BCUT2D eigenvalue weighted by Gasteiger charge is 2.10. The lowest BCUT2D eigenvalue weighted by molar-refractivity contribution is 0.873. The van der Waals surface area contributed by atoms with Gasteiger partial charge in [0.1, 0.15) is 18.0 Å². The van der Waals surface area contributed by atoms with E-state index >= 15 is 0 Å². The molecule has 0 radical (unpaired) electrons. The Balaban J connectivity index is 2.19. The molecule has 17 heavy (non-hydrogen) atoms. The Labute approximate surface area is 104 Å². The van der Waals surface area contributed by atoms with E-state index in [2.05, 4.69) is 44.5 Å². The Morgan fingerprint density at radius 3 is 2.76 bits per heavy atom. The molecule has 0 saturated carbocycles. The molecule has 0 spiro atoms. The first kappa shape index (κ1) is 11.8. The zero-order valence-electron chi connectivity index (χ0n) is 9.77. The van der Waals surface area contributed by atoms with Crippen LogP contribution < -0.4 is 16.6 Å². The topological polar surface area (TPSA) is 75.9 Å². The minimum Gasteiger partial charge on any atom is -0.363 e. The van der Waals surface area contributed by atoms with Crippen LogP contribution in [0, 0.1) is 6.92 Å². The number of aromatic nitrogens is 2. The summed E-state index contributed by atoms with van der Waals surface area (Å²) in [6.07, 6.45) is 1.49. The zero-order valence-corrected chi connectivity index (χ0v) is 10.6. The molecule has 6 heteroatoms. The minimum absolute atomic E-state index is 0.209. The van der Waals surface area contributed by atoms with E-state index < -0.39 is 0 Å². The molecule has 1 unspecified atom stereocenters. The molecule has 0 amide bonds. The van der Waals surface area contributed by atoms with Crippen LogP contribution in [0.4, 0.5) is 11.6 Å². The second-order valence-corrected chi connectivity index (χ2v) is 4.54. The first-order chi connectivity index (χ1) is 8.22. The van der Waals surface area contributed by atoms with Crippen LogP contribution in [0.15, 0.2) is 23.2 Å². The molecule has 2 aromatic heterocycles. The molecule has 5 nitrogen and oxygen atoms in total. The second kappa shape index (κ2) is 5.11. The number of hydrazine groups is 1. The van der Waals surface area contributed by atoms with Crippen molar-refractivity contribution >= 4 is 23.0 Å². The molecular weight excluding hydrogens is 234 g/mol. The third kappa shape index (κ3) is 2.54. The van der Waals surface area contributed by atoms with Gasteiger partial charge in [-0.05, 0) is 36.2 Å². The SMILES string of the molecule is Cc1c(NN)ncnc1NC(C)c1ccsc1. The van der Waals surface area contributed by atoms with Gasteiger partial charge in [-0.3, -0.25) is 0 Å². The monoisotopic (exact) mass is 249 g/mol. The molecular formula is C11H15N5S. The van der Waals surface area contributed by atoms with E-state index in [1.54, 1.807) is 11.3 Å². The van der Waals surface area contributed by atoms with E-state index in [1.165, 1.54) is 11.9 Å². The Morgan fingerprint density at radius 2 is 2.12 bits per heavy atom. The first-order valence-electron chi connectivity index (χ1n) is 5.29. The molecule has 90 valence electrons. The maximum atomic E-state index is 5.38. The number of rotatable bonds is 4. The van der Waals surface area contributed by atoms with Gasteiger partial charge in [-0.25, -0.2) is 15.8 Å². The number of nitrogen functional groups attached to an aromatic ring is 1. The van der Waals surface area contributed by atoms with Crippen LogP contribution in [0.1, 0.15) is 24.1 Å². The largest absolute Gasteiger partial charge is 0.363 e. The van der Waals surface area contributed by atoms with Crippen molar-refractivity contribution in [2.45, 2.75) is 19.9 Å². The summed E-state index contributed by atoms with van der Waals surface area (Å²) in [4.78, 5) is 8.26. The first-order valence-corrected chi connectivity index (χ1v) is 6.23. The molecule has 2 aromatic rings. The lowest BCUT2D eigenvalue weighted by Gasteiger charge is -2.16. The van der Waals surface area contributed by atoms with Gasteiger partial charge in [-0.15, -0.1) is 0 Å². The number of thiophene rings is 1. The summed E-state index contributed by atoms with van der Waals surface area (Å²) < 4.78 is 0. The number of nitrogens with zero attached hydrogens (tertiary/aromatic N) is 2. The average Bonchev–Trinajstić information content (AvgIpc) is 2.85. The maximum Gasteiger partial charge on any atom is 0.148 e. The maximum absolute atomic E-state index is 5.38. The van der Waals surface area contributed by atoms with Crippen molar-refractivity contribution in [3.8, 4) is 0 Å². The smallest absolute Gasteiger partial charge is 0.148 e. The van der Waals surface area contributed by atoms with Crippen LogP contribution in [0.25, 0.3) is 0 Å². The van der Waals surface area contributed by atoms with Crippen LogP contribution in [0.3, 0.4) is 0 Å². The number of nitrogens with two attached hydrogens (primary N) is 1. The third-order valence-electron chi connectivity index (χ3n) is 2.62. The summed E-state index contributed by atoms with van der Waals surface area (Å²) in [6, 6.07) is 2.31. The van der Waals surface area contributed by atoms with Crippen molar-refractivity contribution in [2.75, 3.05) is 10.7 Å². The van der Waals surface area contributed by atoms with E-state index in [4.69, 9.17) is 5.84 Å². The Morgan fingerprint density at radius 1 is 1.35 bits per heavy atom. The lowest BCUT2D eigenvalue weighted by atomic mass is 10.2. The summed E-state index contributed by atoms with van der Waals surface area (Å²) in [6.45, 7) is 4.02. The van der Waals surface area contributed by atoms with Crippen molar-refractivity contribution in [2.24, 2.45) is 5.84 Å². The average molecular weight is 249 g/mol. The van der Waals surface area contributed by atoms with Gasteiger partial charge in [0.05, 0.1) is 6.04 Å². The van der Waals surface area contributed by atoms with Gasteiger partial charge in [-0.1, -0.05) is 0 Å². The van der Waals surface area contributed by atoms with Crippen molar-refractivity contribution < 1.29 is 0 Å². The molecule has 1 atom stereocenters. The Kier molecular flexibility index (Phi) is 3.55. The predicted molar refractivity (Wildman–Crippen MR) is 70.9 cm³/mol. The highest BCUT2D eigenvalue weighted by atomic mass is 32.1. The van der Waals surface area contributed by atoms with Crippen molar-refractivity contribution in [1.82, 2.24) is 9.97 Å². The summed E-state index contributed by atoms with van der Waals surface area (Å²) in [5.41, 5.74) is 4.71. The summed E-state index contributed by atoms with van der Waals surface area (Å²) >= 11 is 1.69. The quantitative estimate of drug-likeness (QED) is 0.572. The van der Waals surface area contributed by atoms with Crippen LogP contribution in [0.5, 0.6) is 0 Å². The van der Waals surface area contributed by atoms with Crippen LogP contribution >= 0.6 is 11.3 Å². The van der Waals surface area contributed by atoms with Gasteiger partial charge in [0.2, 0.25) is 0 Å². The molecule has 0 fully saturated rings. The third-order valence-corrected chi connectivity index (χ3v) is 3.32. The van der Waals surface area contributed by atoms with Crippen molar-refractivity contribution in [3.05, 3.63) is 34.3 Å². The number of anilines is 2. The molecule has 0 aliphatic carbocycles. The van der Waals surface area contributed by atoms with Gasteiger partial charge in [0.15, 0.2) is 0 Å². The lowest BCUT2D eigenvalue weighted by Crippen LogP contribution is -2.14. The minimum atomic E-state index is 0.209. The van der Waals surface area contributed by atoms with E-state index in [1.807, 2.05) is 6.92 Å². The highest BCUT2D eigenvalue weighted by Crippen LogP contribution is 2.23. The van der Waals surface area contributed by atoms with Crippen molar-refractivity contribution in [1.29, 1.82) is 0 Å². The fourth-order valence-corrected chi connectivity index (χ4v) is 2.31. The standard InChI is InChI=1S/C11H15N5S/c1-7-10(13-6-14-11(7)16-12)15-8(2)9-3-4-17-5-9/h3-6,8H,12H2,1-2H3,(H2,13,14,15,16). The molecule has 4 N–H and O–H groups in total. The van der Waals surface area contributed by atoms with Crippen LogP contribution in [-0.2, 0) is 0 Å². The highest BCUT2D eigenvalue weighted by molar-refractivity contribution is 7.07. The van der Waals surface area contributed by atoms with E-state index in [0.717, 1.165) is 11.4 Å². The number of nitrogens with one attached hydrogen (secondary N) is 2. The van der Waals surface area contributed by atoms with E-state index in [-0.39, 0.29) is 6.04 Å². The summed E-state index contributed by atoms with van der Waals surface area (Å²) in [5.74, 6) is 6.82. The van der Waals surface area contributed by atoms with Gasteiger partial charge in [-0.2, -0.15) is 11.3 Å². The van der Waals surface area contributed by atoms with Crippen molar-refractivity contribution in [3.63, 3.8) is 0 Å². The molecule has 0 aromatic carbocycles. The normalized spacial score (nSPS) is 12.2. The molecule has 0 aliphatic rings. The second-order valence-electron chi connectivity index (χ2n) is 3.76. The van der Waals surface area contributed by atoms with Crippen LogP contribution in [0.2, 0.25) is 0 Å². The fourth-order valence-electron chi connectivity index (χ4n) is 1.55. The van der Waals surface area contributed by atoms with Gasteiger partial charge in [0, 0.05) is 5.56 Å². The van der Waals surface area contributed by atoms with Gasteiger partial charge >= 0.3 is 0 Å². The fraction of sp³-hybridized carbons (Fsp3) is 0.273. The van der Waals surface area contributed by atoms with Crippen LogP contribution in [-0.4, -0.2) is 9.97 Å². The Hall–Kier alpha value is -1.66. The number of hydrogen-bond donors (Lipinski definition) is 3. The van der Waals surface area contributed by atoms with E-state index in [9.17, 15) is 0 Å². The Bertz CT molecular complexity index is 483. The molecule has 0 bridgehead atoms. The summed E-state index contributed by atoms with van der Waals surface area (Å²) in [5, 5.41) is 7.53.